The Morgan fingerprint density at radius 1 is 1.27 bits per heavy atom. The average Bonchev–Trinajstić information content (AvgIpc) is 2.66. The fraction of sp³-hybridized carbons (Fsp3) is 0.857. The zero-order chi connectivity index (χ0) is 10.9. The SMILES string of the molecule is C=CCCCCCC1CCCC1NCC. The topological polar surface area (TPSA) is 12.0 Å². The summed E-state index contributed by atoms with van der Waals surface area (Å²) in [6, 6.07) is 0.828. The molecule has 0 radical (unpaired) electrons. The van der Waals surface area contributed by atoms with Crippen LogP contribution in [-0.2, 0) is 0 Å². The summed E-state index contributed by atoms with van der Waals surface area (Å²) in [7, 11) is 0. The minimum atomic E-state index is 0.828. The molecule has 2 atom stereocenters. The molecule has 2 unspecified atom stereocenters. The van der Waals surface area contributed by atoms with E-state index in [4.69, 9.17) is 0 Å². The van der Waals surface area contributed by atoms with Gasteiger partial charge >= 0.3 is 0 Å². The van der Waals surface area contributed by atoms with Crippen molar-refractivity contribution in [1.82, 2.24) is 5.32 Å². The van der Waals surface area contributed by atoms with E-state index >= 15 is 0 Å². The van der Waals surface area contributed by atoms with Crippen LogP contribution in [-0.4, -0.2) is 12.6 Å². The molecule has 1 heteroatoms. The molecule has 0 heterocycles. The van der Waals surface area contributed by atoms with Gasteiger partial charge in [0.25, 0.3) is 0 Å². The van der Waals surface area contributed by atoms with Gasteiger partial charge in [-0.2, -0.15) is 0 Å². The maximum absolute atomic E-state index is 3.76. The van der Waals surface area contributed by atoms with Gasteiger partial charge in [0, 0.05) is 6.04 Å². The standard InChI is InChI=1S/C14H27N/c1-3-5-6-7-8-10-13-11-9-12-14(13)15-4-2/h3,13-15H,1,4-12H2,2H3. The summed E-state index contributed by atoms with van der Waals surface area (Å²) in [5.41, 5.74) is 0. The van der Waals surface area contributed by atoms with E-state index in [1.165, 1.54) is 51.4 Å². The van der Waals surface area contributed by atoms with E-state index < -0.39 is 0 Å². The highest BCUT2D eigenvalue weighted by molar-refractivity contribution is 4.82. The minimum Gasteiger partial charge on any atom is -0.314 e. The fourth-order valence-electron chi connectivity index (χ4n) is 2.79. The lowest BCUT2D eigenvalue weighted by atomic mass is 9.96. The van der Waals surface area contributed by atoms with Gasteiger partial charge < -0.3 is 5.32 Å². The fourth-order valence-corrected chi connectivity index (χ4v) is 2.79. The summed E-state index contributed by atoms with van der Waals surface area (Å²) < 4.78 is 0. The predicted molar refractivity (Wildman–Crippen MR) is 68.1 cm³/mol. The van der Waals surface area contributed by atoms with Crippen LogP contribution in [0.25, 0.3) is 0 Å². The molecule has 1 nitrogen and oxygen atoms in total. The Balaban J connectivity index is 2.06. The van der Waals surface area contributed by atoms with Crippen molar-refractivity contribution >= 4 is 0 Å². The number of hydrogen-bond donors (Lipinski definition) is 1. The molecule has 1 saturated carbocycles. The molecule has 0 aromatic carbocycles. The van der Waals surface area contributed by atoms with E-state index in [0.29, 0.717) is 0 Å². The average molecular weight is 209 g/mol. The third-order valence-electron chi connectivity index (χ3n) is 3.61. The van der Waals surface area contributed by atoms with Gasteiger partial charge in [-0.05, 0) is 44.6 Å². The summed E-state index contributed by atoms with van der Waals surface area (Å²) in [6.07, 6.45) is 13.1. The Morgan fingerprint density at radius 2 is 2.13 bits per heavy atom. The Hall–Kier alpha value is -0.300. The first-order valence-corrected chi connectivity index (χ1v) is 6.72. The maximum Gasteiger partial charge on any atom is 0.00952 e. The maximum atomic E-state index is 3.76. The zero-order valence-electron chi connectivity index (χ0n) is 10.3. The largest absolute Gasteiger partial charge is 0.314 e. The third-order valence-corrected chi connectivity index (χ3v) is 3.61. The van der Waals surface area contributed by atoms with E-state index in [2.05, 4.69) is 18.8 Å². The molecule has 15 heavy (non-hydrogen) atoms. The Labute approximate surface area is 95.3 Å². The van der Waals surface area contributed by atoms with Crippen molar-refractivity contribution < 1.29 is 0 Å². The normalized spacial score (nSPS) is 25.7. The molecule has 0 aliphatic heterocycles. The van der Waals surface area contributed by atoms with Gasteiger partial charge in [0.1, 0.15) is 0 Å². The monoisotopic (exact) mass is 209 g/mol. The van der Waals surface area contributed by atoms with Gasteiger partial charge in [0.05, 0.1) is 0 Å². The predicted octanol–water partition coefficient (Wildman–Crippen LogP) is 3.90. The molecule has 1 aliphatic carbocycles. The smallest absolute Gasteiger partial charge is 0.00952 e. The molecule has 0 saturated heterocycles. The molecular weight excluding hydrogens is 182 g/mol. The number of hydrogen-bond acceptors (Lipinski definition) is 1. The van der Waals surface area contributed by atoms with Crippen LogP contribution >= 0.6 is 0 Å². The minimum absolute atomic E-state index is 0.828. The summed E-state index contributed by atoms with van der Waals surface area (Å²) in [5.74, 6) is 0.966. The second kappa shape index (κ2) is 7.92. The highest BCUT2D eigenvalue weighted by atomic mass is 14.9. The molecule has 1 rings (SSSR count). The molecule has 0 aromatic heterocycles. The van der Waals surface area contributed by atoms with E-state index in [1.54, 1.807) is 0 Å². The lowest BCUT2D eigenvalue weighted by molar-refractivity contribution is 0.372. The first-order valence-electron chi connectivity index (χ1n) is 6.72. The van der Waals surface area contributed by atoms with Crippen LogP contribution in [0.3, 0.4) is 0 Å². The van der Waals surface area contributed by atoms with Crippen LogP contribution in [0.1, 0.15) is 58.3 Å². The van der Waals surface area contributed by atoms with Crippen molar-refractivity contribution in [2.24, 2.45) is 5.92 Å². The van der Waals surface area contributed by atoms with Crippen molar-refractivity contribution in [3.05, 3.63) is 12.7 Å². The van der Waals surface area contributed by atoms with E-state index in [0.717, 1.165) is 18.5 Å². The molecule has 0 amide bonds. The Bertz CT molecular complexity index is 165. The molecule has 1 aliphatic rings. The molecule has 1 N–H and O–H groups in total. The number of nitrogens with one attached hydrogen (secondary N) is 1. The van der Waals surface area contributed by atoms with Crippen LogP contribution in [0.5, 0.6) is 0 Å². The first kappa shape index (κ1) is 12.8. The summed E-state index contributed by atoms with van der Waals surface area (Å²) in [6.45, 7) is 7.12. The van der Waals surface area contributed by atoms with Crippen LogP contribution in [0.4, 0.5) is 0 Å². The summed E-state index contributed by atoms with van der Waals surface area (Å²) in [5, 5.41) is 3.63. The van der Waals surface area contributed by atoms with Crippen molar-refractivity contribution in [3.63, 3.8) is 0 Å². The van der Waals surface area contributed by atoms with Gasteiger partial charge in [0.2, 0.25) is 0 Å². The lowest BCUT2D eigenvalue weighted by Gasteiger charge is -2.20. The number of unbranched alkanes of at least 4 members (excludes halogenated alkanes) is 3. The van der Waals surface area contributed by atoms with Crippen LogP contribution in [0.2, 0.25) is 0 Å². The molecule has 0 aromatic rings. The van der Waals surface area contributed by atoms with Crippen molar-refractivity contribution in [2.45, 2.75) is 64.3 Å². The zero-order valence-corrected chi connectivity index (χ0v) is 10.3. The number of rotatable bonds is 8. The van der Waals surface area contributed by atoms with Gasteiger partial charge in [-0.25, -0.2) is 0 Å². The lowest BCUT2D eigenvalue weighted by Crippen LogP contribution is -2.32. The first-order chi connectivity index (χ1) is 7.38. The quantitative estimate of drug-likeness (QED) is 0.472. The molecule has 0 bridgehead atoms. The van der Waals surface area contributed by atoms with E-state index in [-0.39, 0.29) is 0 Å². The van der Waals surface area contributed by atoms with Crippen LogP contribution < -0.4 is 5.32 Å². The second-order valence-corrected chi connectivity index (χ2v) is 4.78. The molecular formula is C14H27N. The van der Waals surface area contributed by atoms with Gasteiger partial charge in [-0.1, -0.05) is 32.3 Å². The van der Waals surface area contributed by atoms with E-state index in [9.17, 15) is 0 Å². The van der Waals surface area contributed by atoms with Crippen molar-refractivity contribution in [1.29, 1.82) is 0 Å². The second-order valence-electron chi connectivity index (χ2n) is 4.78. The van der Waals surface area contributed by atoms with E-state index in [1.807, 2.05) is 6.08 Å². The van der Waals surface area contributed by atoms with Gasteiger partial charge in [-0.3, -0.25) is 0 Å². The van der Waals surface area contributed by atoms with Crippen LogP contribution in [0.15, 0.2) is 12.7 Å². The van der Waals surface area contributed by atoms with Gasteiger partial charge in [0.15, 0.2) is 0 Å². The highest BCUT2D eigenvalue weighted by Gasteiger charge is 2.25. The highest BCUT2D eigenvalue weighted by Crippen LogP contribution is 2.30. The molecule has 88 valence electrons. The summed E-state index contributed by atoms with van der Waals surface area (Å²) in [4.78, 5) is 0. The summed E-state index contributed by atoms with van der Waals surface area (Å²) >= 11 is 0. The Kier molecular flexibility index (Phi) is 6.74. The van der Waals surface area contributed by atoms with Crippen molar-refractivity contribution in [3.8, 4) is 0 Å². The van der Waals surface area contributed by atoms with Gasteiger partial charge in [-0.15, -0.1) is 6.58 Å². The third kappa shape index (κ3) is 4.83. The molecule has 1 fully saturated rings. The van der Waals surface area contributed by atoms with Crippen molar-refractivity contribution in [2.75, 3.05) is 6.54 Å². The molecule has 0 spiro atoms. The number of allylic oxidation sites excluding steroid dienone is 1. The Morgan fingerprint density at radius 3 is 2.87 bits per heavy atom. The van der Waals surface area contributed by atoms with Crippen LogP contribution in [0, 0.1) is 5.92 Å².